The van der Waals surface area contributed by atoms with Crippen LogP contribution in [0.3, 0.4) is 0 Å². The first-order valence-electron chi connectivity index (χ1n) is 5.38. The zero-order valence-corrected chi connectivity index (χ0v) is 9.48. The second-order valence-corrected chi connectivity index (χ2v) is 5.08. The third kappa shape index (κ3) is 2.57. The molecule has 13 heavy (non-hydrogen) atoms. The normalized spacial score (nSPS) is 26.9. The molecule has 1 fully saturated rings. The summed E-state index contributed by atoms with van der Waals surface area (Å²) in [4.78, 5) is 0. The molecule has 0 amide bonds. The third-order valence-electron chi connectivity index (χ3n) is 3.14. The summed E-state index contributed by atoms with van der Waals surface area (Å²) in [5.41, 5.74) is 1.84. The summed E-state index contributed by atoms with van der Waals surface area (Å²) in [7, 11) is 0. The van der Waals surface area contributed by atoms with Crippen LogP contribution in [0.5, 0.6) is 0 Å². The van der Waals surface area contributed by atoms with Crippen molar-refractivity contribution in [2.45, 2.75) is 46.6 Å². The molecule has 0 aromatic rings. The molecule has 76 valence electrons. The van der Waals surface area contributed by atoms with E-state index in [4.69, 9.17) is 0 Å². The van der Waals surface area contributed by atoms with Gasteiger partial charge in [0.2, 0.25) is 0 Å². The lowest BCUT2D eigenvalue weighted by Gasteiger charge is -2.20. The Labute approximate surface area is 82.6 Å². The van der Waals surface area contributed by atoms with Crippen LogP contribution >= 0.6 is 0 Å². The molecule has 2 unspecified atom stereocenters. The Balaban J connectivity index is 2.45. The van der Waals surface area contributed by atoms with Crippen LogP contribution < -0.4 is 5.32 Å². The van der Waals surface area contributed by atoms with Gasteiger partial charge in [0.1, 0.15) is 0 Å². The van der Waals surface area contributed by atoms with E-state index >= 15 is 0 Å². The average Bonchev–Trinajstić information content (AvgIpc) is 2.60. The highest BCUT2D eigenvalue weighted by Gasteiger charge is 2.49. The lowest BCUT2D eigenvalue weighted by Crippen LogP contribution is -2.33. The van der Waals surface area contributed by atoms with E-state index in [1.807, 2.05) is 0 Å². The number of hydrogen-bond acceptors (Lipinski definition) is 1. The Kier molecular flexibility index (Phi) is 3.18. The molecule has 0 bridgehead atoms. The molecule has 0 aromatic heterocycles. The largest absolute Gasteiger partial charge is 0.310 e. The molecule has 1 aliphatic carbocycles. The van der Waals surface area contributed by atoms with Gasteiger partial charge in [-0.2, -0.15) is 0 Å². The van der Waals surface area contributed by atoms with E-state index in [-0.39, 0.29) is 0 Å². The monoisotopic (exact) mass is 181 g/mol. The van der Waals surface area contributed by atoms with Crippen molar-refractivity contribution in [1.82, 2.24) is 5.32 Å². The van der Waals surface area contributed by atoms with E-state index in [1.165, 1.54) is 18.4 Å². The van der Waals surface area contributed by atoms with Gasteiger partial charge in [-0.25, -0.2) is 0 Å². The van der Waals surface area contributed by atoms with E-state index in [1.54, 1.807) is 0 Å². The fourth-order valence-corrected chi connectivity index (χ4v) is 2.04. The molecular weight excluding hydrogens is 158 g/mol. The highest BCUT2D eigenvalue weighted by molar-refractivity contribution is 5.14. The van der Waals surface area contributed by atoms with Crippen molar-refractivity contribution < 1.29 is 0 Å². The Morgan fingerprint density at radius 3 is 2.46 bits per heavy atom. The van der Waals surface area contributed by atoms with Gasteiger partial charge in [-0.3, -0.25) is 0 Å². The molecule has 1 aliphatic rings. The maximum atomic E-state index is 4.07. The van der Waals surface area contributed by atoms with Crippen molar-refractivity contribution in [3.63, 3.8) is 0 Å². The third-order valence-corrected chi connectivity index (χ3v) is 3.14. The smallest absolute Gasteiger partial charge is 0.0307 e. The summed E-state index contributed by atoms with van der Waals surface area (Å²) in [5.74, 6) is 0.816. The van der Waals surface area contributed by atoms with Crippen LogP contribution in [0.1, 0.15) is 40.5 Å². The highest BCUT2D eigenvalue weighted by atomic mass is 14.9. The second kappa shape index (κ2) is 3.83. The van der Waals surface area contributed by atoms with Gasteiger partial charge in [-0.1, -0.05) is 32.9 Å². The van der Waals surface area contributed by atoms with Crippen LogP contribution in [-0.2, 0) is 0 Å². The fourth-order valence-electron chi connectivity index (χ4n) is 2.04. The molecule has 1 nitrogen and oxygen atoms in total. The molecule has 1 saturated carbocycles. The molecule has 0 aromatic carbocycles. The summed E-state index contributed by atoms with van der Waals surface area (Å²) in [6.07, 6.45) is 2.55. The van der Waals surface area contributed by atoms with Gasteiger partial charge >= 0.3 is 0 Å². The van der Waals surface area contributed by atoms with Gasteiger partial charge in [-0.05, 0) is 37.6 Å². The fraction of sp³-hybridized carbons (Fsp3) is 0.833. The number of rotatable bonds is 5. The highest BCUT2D eigenvalue weighted by Crippen LogP contribution is 2.54. The molecule has 2 atom stereocenters. The molecule has 1 heteroatoms. The Hall–Kier alpha value is -0.300. The minimum Gasteiger partial charge on any atom is -0.310 e. The van der Waals surface area contributed by atoms with Crippen LogP contribution in [0.25, 0.3) is 0 Å². The molecule has 0 aliphatic heterocycles. The minimum absolute atomic E-state index is 0.546. The maximum Gasteiger partial charge on any atom is 0.0307 e. The second-order valence-electron chi connectivity index (χ2n) is 5.08. The minimum atomic E-state index is 0.546. The van der Waals surface area contributed by atoms with Gasteiger partial charge in [0.15, 0.2) is 0 Å². The Morgan fingerprint density at radius 1 is 1.62 bits per heavy atom. The summed E-state index contributed by atoms with van der Waals surface area (Å²) in [6, 6.07) is 0.551. The first kappa shape index (κ1) is 10.8. The number of hydrogen-bond donors (Lipinski definition) is 1. The van der Waals surface area contributed by atoms with E-state index < -0.39 is 0 Å². The summed E-state index contributed by atoms with van der Waals surface area (Å²) < 4.78 is 0. The van der Waals surface area contributed by atoms with Crippen molar-refractivity contribution in [3.05, 3.63) is 12.2 Å². The van der Waals surface area contributed by atoms with Gasteiger partial charge in [0, 0.05) is 6.04 Å². The molecule has 0 spiro atoms. The Morgan fingerprint density at radius 2 is 2.15 bits per heavy atom. The summed E-state index contributed by atoms with van der Waals surface area (Å²) in [5, 5.41) is 3.59. The molecule has 0 radical (unpaired) electrons. The zero-order chi connectivity index (χ0) is 10.1. The predicted octanol–water partition coefficient (Wildman–Crippen LogP) is 2.98. The van der Waals surface area contributed by atoms with Crippen LogP contribution in [0, 0.1) is 11.3 Å². The molecule has 0 saturated heterocycles. The van der Waals surface area contributed by atoms with Gasteiger partial charge in [0.25, 0.3) is 0 Å². The molecule has 0 heterocycles. The van der Waals surface area contributed by atoms with Crippen LogP contribution in [0.2, 0.25) is 0 Å². The van der Waals surface area contributed by atoms with E-state index in [0.717, 1.165) is 12.5 Å². The van der Waals surface area contributed by atoms with Gasteiger partial charge < -0.3 is 5.32 Å². The average molecular weight is 181 g/mol. The van der Waals surface area contributed by atoms with Crippen LogP contribution in [0.15, 0.2) is 12.2 Å². The van der Waals surface area contributed by atoms with Crippen molar-refractivity contribution in [3.8, 4) is 0 Å². The van der Waals surface area contributed by atoms with Crippen molar-refractivity contribution in [2.75, 3.05) is 6.54 Å². The van der Waals surface area contributed by atoms with E-state index in [9.17, 15) is 0 Å². The SMILES string of the molecule is C=C(C)C(NCCC)C1CC1(C)C. The molecular formula is C12H23N. The quantitative estimate of drug-likeness (QED) is 0.643. The summed E-state index contributed by atoms with van der Waals surface area (Å²) in [6.45, 7) is 14.2. The van der Waals surface area contributed by atoms with Crippen molar-refractivity contribution in [2.24, 2.45) is 11.3 Å². The summed E-state index contributed by atoms with van der Waals surface area (Å²) >= 11 is 0. The number of nitrogens with one attached hydrogen (secondary N) is 1. The zero-order valence-electron chi connectivity index (χ0n) is 9.48. The standard InChI is InChI=1S/C12H23N/c1-6-7-13-11(9(2)3)10-8-12(10,4)5/h10-11,13H,2,6-8H2,1,3-5H3. The maximum absolute atomic E-state index is 4.07. The van der Waals surface area contributed by atoms with Crippen molar-refractivity contribution in [1.29, 1.82) is 0 Å². The lowest BCUT2D eigenvalue weighted by atomic mass is 9.99. The molecule has 1 rings (SSSR count). The Bertz CT molecular complexity index is 193. The first-order chi connectivity index (χ1) is 5.99. The van der Waals surface area contributed by atoms with Crippen LogP contribution in [-0.4, -0.2) is 12.6 Å². The van der Waals surface area contributed by atoms with E-state index in [2.05, 4.69) is 39.6 Å². The van der Waals surface area contributed by atoms with E-state index in [0.29, 0.717) is 11.5 Å². The lowest BCUT2D eigenvalue weighted by molar-refractivity contribution is 0.444. The first-order valence-corrected chi connectivity index (χ1v) is 5.38. The van der Waals surface area contributed by atoms with Gasteiger partial charge in [0.05, 0.1) is 0 Å². The van der Waals surface area contributed by atoms with Crippen molar-refractivity contribution >= 4 is 0 Å². The molecule has 1 N–H and O–H groups in total. The van der Waals surface area contributed by atoms with Crippen LogP contribution in [0.4, 0.5) is 0 Å². The van der Waals surface area contributed by atoms with Gasteiger partial charge in [-0.15, -0.1) is 0 Å². The topological polar surface area (TPSA) is 12.0 Å². The predicted molar refractivity (Wildman–Crippen MR) is 58.8 cm³/mol.